The van der Waals surface area contributed by atoms with Crippen LogP contribution in [-0.4, -0.2) is 32.1 Å². The van der Waals surface area contributed by atoms with Gasteiger partial charge in [0.25, 0.3) is 0 Å². The second kappa shape index (κ2) is 7.96. The van der Waals surface area contributed by atoms with E-state index < -0.39 is 11.9 Å². The number of carbonyl (C=O) groups excluding carboxylic acids is 3. The predicted molar refractivity (Wildman–Crippen MR) is 87.7 cm³/mol. The molecule has 1 aliphatic carbocycles. The summed E-state index contributed by atoms with van der Waals surface area (Å²) in [6.07, 6.45) is 6.13. The second-order valence-corrected chi connectivity index (χ2v) is 6.27. The number of nitrogen functional groups attached to an aromatic ring is 1. The van der Waals surface area contributed by atoms with Crippen LogP contribution in [0.3, 0.4) is 0 Å². The van der Waals surface area contributed by atoms with E-state index in [2.05, 4.69) is 0 Å². The molecular formula is C16H19NO6S. The third kappa shape index (κ3) is 3.76. The minimum absolute atomic E-state index is 0.0410. The van der Waals surface area contributed by atoms with E-state index >= 15 is 0 Å². The number of allylic oxidation sites excluding steroid dienone is 2. The normalized spacial score (nSPS) is 16.5. The minimum Gasteiger partial charge on any atom is -0.465 e. The zero-order valence-electron chi connectivity index (χ0n) is 13.5. The molecule has 0 saturated heterocycles. The molecule has 1 aromatic rings. The Morgan fingerprint density at radius 1 is 1.21 bits per heavy atom. The third-order valence-electron chi connectivity index (χ3n) is 3.76. The van der Waals surface area contributed by atoms with Crippen LogP contribution in [0.5, 0.6) is 0 Å². The monoisotopic (exact) mass is 353 g/mol. The van der Waals surface area contributed by atoms with Gasteiger partial charge in [-0.25, -0.2) is 9.59 Å². The van der Waals surface area contributed by atoms with Gasteiger partial charge >= 0.3 is 17.9 Å². The molecule has 7 nitrogen and oxygen atoms in total. The van der Waals surface area contributed by atoms with Crippen LogP contribution >= 0.6 is 11.3 Å². The summed E-state index contributed by atoms with van der Waals surface area (Å²) in [5, 5.41) is 0.119. The molecule has 0 aliphatic heterocycles. The smallest absolute Gasteiger partial charge is 0.348 e. The summed E-state index contributed by atoms with van der Waals surface area (Å²) in [6.45, 7) is -0.235. The number of esters is 3. The molecule has 0 radical (unpaired) electrons. The van der Waals surface area contributed by atoms with Crippen molar-refractivity contribution in [2.45, 2.75) is 25.9 Å². The van der Waals surface area contributed by atoms with E-state index in [1.807, 2.05) is 12.2 Å². The first-order valence-electron chi connectivity index (χ1n) is 7.39. The van der Waals surface area contributed by atoms with Gasteiger partial charge in [0.05, 0.1) is 20.1 Å². The minimum atomic E-state index is -0.689. The third-order valence-corrected chi connectivity index (χ3v) is 4.80. The van der Waals surface area contributed by atoms with Gasteiger partial charge in [-0.3, -0.25) is 4.79 Å². The second-order valence-electron chi connectivity index (χ2n) is 5.22. The zero-order valence-corrected chi connectivity index (χ0v) is 14.3. The zero-order chi connectivity index (χ0) is 17.7. The van der Waals surface area contributed by atoms with E-state index in [0.717, 1.165) is 24.2 Å². The Kier molecular flexibility index (Phi) is 5.97. The van der Waals surface area contributed by atoms with Crippen LogP contribution in [0, 0.1) is 5.92 Å². The molecule has 1 aliphatic rings. The Morgan fingerprint density at radius 3 is 2.50 bits per heavy atom. The first kappa shape index (κ1) is 18.0. The van der Waals surface area contributed by atoms with Gasteiger partial charge in [-0.2, -0.15) is 0 Å². The Balaban J connectivity index is 2.23. The first-order valence-corrected chi connectivity index (χ1v) is 8.20. The Bertz CT molecular complexity index is 678. The largest absolute Gasteiger partial charge is 0.465 e. The molecule has 0 amide bonds. The van der Waals surface area contributed by atoms with Crippen LogP contribution in [-0.2, 0) is 25.6 Å². The maximum Gasteiger partial charge on any atom is 0.348 e. The summed E-state index contributed by atoms with van der Waals surface area (Å²) in [5.74, 6) is -1.91. The standard InChI is InChI=1S/C16H19NO6S/c1-21-15(19)11-10(12(16(20)22-2)24-13(11)17)8-23-14(18)9-6-4-3-5-7-9/h3-4,9H,5-8,17H2,1-2H3/t9-/m1/s1. The SMILES string of the molecule is COC(=O)c1sc(N)c(C(=O)OC)c1COC(=O)[C@@H]1CC=CCC1. The van der Waals surface area contributed by atoms with Gasteiger partial charge in [0.1, 0.15) is 22.0 Å². The van der Waals surface area contributed by atoms with Gasteiger partial charge < -0.3 is 19.9 Å². The lowest BCUT2D eigenvalue weighted by atomic mass is 9.95. The van der Waals surface area contributed by atoms with E-state index in [4.69, 9.17) is 19.9 Å². The Morgan fingerprint density at radius 2 is 1.92 bits per heavy atom. The molecule has 0 saturated carbocycles. The molecule has 0 bridgehead atoms. The molecular weight excluding hydrogens is 334 g/mol. The van der Waals surface area contributed by atoms with Crippen molar-refractivity contribution >= 4 is 34.2 Å². The highest BCUT2D eigenvalue weighted by molar-refractivity contribution is 7.18. The lowest BCUT2D eigenvalue weighted by molar-refractivity contribution is -0.150. The van der Waals surface area contributed by atoms with Crippen molar-refractivity contribution in [3.8, 4) is 0 Å². The van der Waals surface area contributed by atoms with Crippen LogP contribution in [0.15, 0.2) is 12.2 Å². The van der Waals surface area contributed by atoms with E-state index in [1.54, 1.807) is 0 Å². The molecule has 1 atom stereocenters. The highest BCUT2D eigenvalue weighted by Gasteiger charge is 2.29. The number of anilines is 1. The molecule has 0 unspecified atom stereocenters. The lowest BCUT2D eigenvalue weighted by Gasteiger charge is -2.16. The van der Waals surface area contributed by atoms with E-state index in [0.29, 0.717) is 6.42 Å². The van der Waals surface area contributed by atoms with Crippen molar-refractivity contribution < 1.29 is 28.6 Å². The van der Waals surface area contributed by atoms with Gasteiger partial charge in [0.15, 0.2) is 0 Å². The number of ether oxygens (including phenoxy) is 3. The molecule has 2 N–H and O–H groups in total. The average Bonchev–Trinajstić information content (AvgIpc) is 2.95. The van der Waals surface area contributed by atoms with Gasteiger partial charge in [-0.15, -0.1) is 11.3 Å². The van der Waals surface area contributed by atoms with Gasteiger partial charge in [0.2, 0.25) is 0 Å². The highest BCUT2D eigenvalue weighted by Crippen LogP contribution is 2.33. The van der Waals surface area contributed by atoms with Crippen molar-refractivity contribution in [3.63, 3.8) is 0 Å². The number of thiophene rings is 1. The lowest BCUT2D eigenvalue weighted by Crippen LogP contribution is -2.20. The van der Waals surface area contributed by atoms with Crippen molar-refractivity contribution in [1.29, 1.82) is 0 Å². The molecule has 8 heteroatoms. The molecule has 0 spiro atoms. The number of rotatable bonds is 5. The summed E-state index contributed by atoms with van der Waals surface area (Å²) >= 11 is 0.905. The maximum absolute atomic E-state index is 12.2. The van der Waals surface area contributed by atoms with Crippen LogP contribution in [0.1, 0.15) is 44.9 Å². The van der Waals surface area contributed by atoms with Crippen LogP contribution in [0.4, 0.5) is 5.00 Å². The fraction of sp³-hybridized carbons (Fsp3) is 0.438. The van der Waals surface area contributed by atoms with E-state index in [1.165, 1.54) is 14.2 Å². The molecule has 0 aromatic carbocycles. The number of hydrogen-bond donors (Lipinski definition) is 1. The summed E-state index contributed by atoms with van der Waals surface area (Å²) in [4.78, 5) is 36.1. The Labute approximate surface area is 143 Å². The highest BCUT2D eigenvalue weighted by atomic mass is 32.1. The topological polar surface area (TPSA) is 105 Å². The maximum atomic E-state index is 12.2. The number of nitrogens with two attached hydrogens (primary N) is 1. The average molecular weight is 353 g/mol. The Hall–Kier alpha value is -2.35. The van der Waals surface area contributed by atoms with Crippen molar-refractivity contribution in [1.82, 2.24) is 0 Å². The van der Waals surface area contributed by atoms with Crippen molar-refractivity contribution in [2.24, 2.45) is 5.92 Å². The van der Waals surface area contributed by atoms with Gasteiger partial charge in [-0.05, 0) is 19.3 Å². The predicted octanol–water partition coefficient (Wildman–Crippen LogP) is 2.30. The van der Waals surface area contributed by atoms with Crippen molar-refractivity contribution in [2.75, 3.05) is 20.0 Å². The van der Waals surface area contributed by atoms with E-state index in [9.17, 15) is 14.4 Å². The quantitative estimate of drug-likeness (QED) is 0.492. The summed E-state index contributed by atoms with van der Waals surface area (Å²) in [5.41, 5.74) is 6.08. The van der Waals surface area contributed by atoms with Crippen molar-refractivity contribution in [3.05, 3.63) is 28.2 Å². The molecule has 24 heavy (non-hydrogen) atoms. The molecule has 0 fully saturated rings. The van der Waals surface area contributed by atoms with Gasteiger partial charge in [0, 0.05) is 5.56 Å². The summed E-state index contributed by atoms with van der Waals surface area (Å²) in [6, 6.07) is 0. The fourth-order valence-electron chi connectivity index (χ4n) is 2.47. The van der Waals surface area contributed by atoms with Crippen LogP contribution in [0.25, 0.3) is 0 Å². The first-order chi connectivity index (χ1) is 11.5. The van der Waals surface area contributed by atoms with Crippen LogP contribution < -0.4 is 5.73 Å². The number of methoxy groups -OCH3 is 2. The van der Waals surface area contributed by atoms with E-state index in [-0.39, 0.29) is 39.5 Å². The molecule has 1 heterocycles. The molecule has 1 aromatic heterocycles. The summed E-state index contributed by atoms with van der Waals surface area (Å²) < 4.78 is 14.7. The van der Waals surface area contributed by atoms with Gasteiger partial charge in [-0.1, -0.05) is 12.2 Å². The molecule has 2 rings (SSSR count). The molecule has 130 valence electrons. The fourth-order valence-corrected chi connectivity index (χ4v) is 3.45. The number of carbonyl (C=O) groups is 3. The van der Waals surface area contributed by atoms with Crippen LogP contribution in [0.2, 0.25) is 0 Å². The number of hydrogen-bond acceptors (Lipinski definition) is 8. The summed E-state index contributed by atoms with van der Waals surface area (Å²) in [7, 11) is 2.43.